The summed E-state index contributed by atoms with van der Waals surface area (Å²) in [6, 6.07) is 9.22. The van der Waals surface area contributed by atoms with E-state index in [1.807, 2.05) is 18.2 Å². The number of allylic oxidation sites excluding steroid dienone is 1. The van der Waals surface area contributed by atoms with Crippen LogP contribution in [-0.2, 0) is 14.0 Å². The Bertz CT molecular complexity index is 1170. The molecule has 8 nitrogen and oxygen atoms in total. The Morgan fingerprint density at radius 2 is 1.39 bits per heavy atom. The molecule has 1 unspecified atom stereocenters. The largest absolute Gasteiger partial charge is 0.493 e. The van der Waals surface area contributed by atoms with Crippen molar-refractivity contribution in [3.63, 3.8) is 0 Å². The number of Topliss-reactive ketones (excluding diaryl/α,β-unsaturated/α-hetero) is 1. The third-order valence-corrected chi connectivity index (χ3v) is 11.7. The van der Waals surface area contributed by atoms with Gasteiger partial charge >= 0.3 is 0 Å². The Labute approximate surface area is 226 Å². The van der Waals surface area contributed by atoms with Gasteiger partial charge in [-0.15, -0.1) is 0 Å². The minimum absolute atomic E-state index is 0.0202. The summed E-state index contributed by atoms with van der Waals surface area (Å²) in [5.41, 5.74) is 2.81. The molecule has 0 fully saturated rings. The number of hydrogen-bond acceptors (Lipinski definition) is 8. The first-order valence-corrected chi connectivity index (χ1v) is 15.4. The zero-order chi connectivity index (χ0) is 28.3. The maximum atomic E-state index is 13.7. The molecule has 0 N–H and O–H groups in total. The summed E-state index contributed by atoms with van der Waals surface area (Å²) >= 11 is 0. The van der Waals surface area contributed by atoms with Crippen LogP contribution in [0.2, 0.25) is 18.1 Å². The molecule has 208 valence electrons. The van der Waals surface area contributed by atoms with E-state index >= 15 is 0 Å². The molecule has 0 radical (unpaired) electrons. The monoisotopic (exact) mass is 544 g/mol. The van der Waals surface area contributed by atoms with Gasteiger partial charge in [-0.25, -0.2) is 0 Å². The van der Waals surface area contributed by atoms with Gasteiger partial charge in [0.15, 0.2) is 43.9 Å². The van der Waals surface area contributed by atoms with Crippen LogP contribution in [0.15, 0.2) is 30.3 Å². The number of ketones is 1. The van der Waals surface area contributed by atoms with E-state index in [-0.39, 0.29) is 24.0 Å². The summed E-state index contributed by atoms with van der Waals surface area (Å²) in [4.78, 5) is 13.7. The fraction of sp³-hybridized carbons (Fsp3) is 0.483. The highest BCUT2D eigenvalue weighted by molar-refractivity contribution is 6.74. The van der Waals surface area contributed by atoms with E-state index < -0.39 is 14.4 Å². The van der Waals surface area contributed by atoms with Crippen LogP contribution >= 0.6 is 0 Å². The molecule has 0 amide bonds. The van der Waals surface area contributed by atoms with Gasteiger partial charge in [0.1, 0.15) is 0 Å². The standard InChI is InChI=1S/C29H40O8Si/c1-29(2,3)38(9,10)37-23-16-20(30)26(19-14-24(33-6)28(35-8)25(15-19)34-7)27(23)18-11-12-21(32-5)22(13-18)36-17-31-4/h11-15,23H,16-17H2,1-10H3. The number of benzene rings is 2. The van der Waals surface area contributed by atoms with E-state index in [9.17, 15) is 4.79 Å². The van der Waals surface area contributed by atoms with Crippen molar-refractivity contribution in [2.45, 2.75) is 51.4 Å². The molecule has 0 aliphatic heterocycles. The molecule has 0 aromatic heterocycles. The zero-order valence-electron chi connectivity index (χ0n) is 24.1. The van der Waals surface area contributed by atoms with E-state index in [2.05, 4.69) is 33.9 Å². The first kappa shape index (κ1) is 29.5. The quantitative estimate of drug-likeness (QED) is 0.253. The van der Waals surface area contributed by atoms with Gasteiger partial charge < -0.3 is 32.8 Å². The molecule has 0 bridgehead atoms. The average molecular weight is 545 g/mol. The SMILES string of the molecule is COCOc1cc(C2=C(c3cc(OC)c(OC)c(OC)c3)C(=O)CC2O[Si](C)(C)C(C)(C)C)ccc1OC. The maximum absolute atomic E-state index is 13.7. The molecule has 1 aliphatic rings. The molecule has 1 aliphatic carbocycles. The van der Waals surface area contributed by atoms with E-state index in [0.29, 0.717) is 39.9 Å². The zero-order valence-corrected chi connectivity index (χ0v) is 25.1. The lowest BCUT2D eigenvalue weighted by Crippen LogP contribution is -2.43. The van der Waals surface area contributed by atoms with Crippen LogP contribution in [-0.4, -0.2) is 62.5 Å². The van der Waals surface area contributed by atoms with E-state index in [1.165, 1.54) is 0 Å². The molecular formula is C29H40O8Si. The lowest BCUT2D eigenvalue weighted by molar-refractivity contribution is -0.114. The molecule has 0 spiro atoms. The summed E-state index contributed by atoms with van der Waals surface area (Å²) in [6.07, 6.45) is -0.199. The summed E-state index contributed by atoms with van der Waals surface area (Å²) in [5, 5.41) is -0.0386. The molecular weight excluding hydrogens is 504 g/mol. The molecule has 0 heterocycles. The van der Waals surface area contributed by atoms with Gasteiger partial charge in [-0.1, -0.05) is 26.8 Å². The van der Waals surface area contributed by atoms with E-state index in [4.69, 9.17) is 32.8 Å². The summed E-state index contributed by atoms with van der Waals surface area (Å²) in [6.45, 7) is 11.0. The molecule has 2 aromatic rings. The number of ether oxygens (including phenoxy) is 6. The third-order valence-electron chi connectivity index (χ3n) is 7.24. The van der Waals surface area contributed by atoms with Gasteiger partial charge in [-0.2, -0.15) is 0 Å². The van der Waals surface area contributed by atoms with Crippen molar-refractivity contribution in [1.82, 2.24) is 0 Å². The van der Waals surface area contributed by atoms with Crippen LogP contribution in [0, 0.1) is 0 Å². The van der Waals surface area contributed by atoms with Gasteiger partial charge in [0.25, 0.3) is 0 Å². The Balaban J connectivity index is 2.30. The normalized spacial score (nSPS) is 16.1. The number of rotatable bonds is 11. The van der Waals surface area contributed by atoms with Gasteiger partial charge in [0, 0.05) is 19.1 Å². The minimum atomic E-state index is -2.24. The Hall–Kier alpha value is -3.01. The highest BCUT2D eigenvalue weighted by Gasteiger charge is 2.44. The van der Waals surface area contributed by atoms with Crippen LogP contribution in [0.3, 0.4) is 0 Å². The summed E-state index contributed by atoms with van der Waals surface area (Å²) < 4.78 is 39.9. The number of methoxy groups -OCH3 is 5. The van der Waals surface area contributed by atoms with Crippen molar-refractivity contribution < 1.29 is 37.6 Å². The van der Waals surface area contributed by atoms with Crippen molar-refractivity contribution in [1.29, 1.82) is 0 Å². The molecule has 38 heavy (non-hydrogen) atoms. The number of hydrogen-bond donors (Lipinski definition) is 0. The van der Waals surface area contributed by atoms with Gasteiger partial charge in [0.05, 0.1) is 34.5 Å². The predicted molar refractivity (Wildman–Crippen MR) is 150 cm³/mol. The lowest BCUT2D eigenvalue weighted by Gasteiger charge is -2.39. The predicted octanol–water partition coefficient (Wildman–Crippen LogP) is 5.98. The highest BCUT2D eigenvalue weighted by atomic mass is 28.4. The van der Waals surface area contributed by atoms with Crippen molar-refractivity contribution in [2.24, 2.45) is 0 Å². The Morgan fingerprint density at radius 1 is 0.816 bits per heavy atom. The molecule has 1 atom stereocenters. The van der Waals surface area contributed by atoms with Crippen LogP contribution in [0.4, 0.5) is 0 Å². The van der Waals surface area contributed by atoms with E-state index in [0.717, 1.165) is 11.1 Å². The average Bonchev–Trinajstić information content (AvgIpc) is 3.20. The molecule has 2 aromatic carbocycles. The second-order valence-electron chi connectivity index (χ2n) is 10.6. The molecule has 9 heteroatoms. The van der Waals surface area contributed by atoms with Crippen molar-refractivity contribution in [3.05, 3.63) is 41.5 Å². The molecule has 0 saturated carbocycles. The third kappa shape index (κ3) is 5.85. The van der Waals surface area contributed by atoms with E-state index in [1.54, 1.807) is 47.7 Å². The Kier molecular flexibility index (Phi) is 9.17. The minimum Gasteiger partial charge on any atom is -0.493 e. The fourth-order valence-corrected chi connectivity index (χ4v) is 5.53. The van der Waals surface area contributed by atoms with Gasteiger partial charge in [-0.05, 0) is 59.1 Å². The maximum Gasteiger partial charge on any atom is 0.203 e. The smallest absolute Gasteiger partial charge is 0.203 e. The highest BCUT2D eigenvalue weighted by Crippen LogP contribution is 2.48. The van der Waals surface area contributed by atoms with Crippen LogP contribution in [0.1, 0.15) is 38.3 Å². The van der Waals surface area contributed by atoms with Gasteiger partial charge in [-0.3, -0.25) is 4.79 Å². The first-order valence-electron chi connectivity index (χ1n) is 12.5. The van der Waals surface area contributed by atoms with Crippen molar-refractivity contribution in [2.75, 3.05) is 42.3 Å². The topological polar surface area (TPSA) is 81.7 Å². The number of carbonyl (C=O) groups is 1. The second-order valence-corrected chi connectivity index (χ2v) is 15.4. The summed E-state index contributed by atoms with van der Waals surface area (Å²) in [7, 11) is 5.56. The van der Waals surface area contributed by atoms with Crippen molar-refractivity contribution >= 4 is 25.2 Å². The second kappa shape index (κ2) is 11.8. The molecule has 0 saturated heterocycles. The lowest BCUT2D eigenvalue weighted by atomic mass is 9.95. The van der Waals surface area contributed by atoms with Crippen LogP contribution in [0.25, 0.3) is 11.1 Å². The molecule has 3 rings (SSSR count). The number of carbonyl (C=O) groups excluding carboxylic acids is 1. The fourth-order valence-electron chi connectivity index (χ4n) is 4.27. The summed E-state index contributed by atoms with van der Waals surface area (Å²) in [5.74, 6) is 2.44. The van der Waals surface area contributed by atoms with Crippen LogP contribution < -0.4 is 23.7 Å². The first-order chi connectivity index (χ1) is 17.9. The van der Waals surface area contributed by atoms with Crippen molar-refractivity contribution in [3.8, 4) is 28.7 Å². The Morgan fingerprint density at radius 3 is 1.89 bits per heavy atom. The van der Waals surface area contributed by atoms with Crippen LogP contribution in [0.5, 0.6) is 28.7 Å². The van der Waals surface area contributed by atoms with Gasteiger partial charge in [0.2, 0.25) is 5.75 Å².